The second-order valence-corrected chi connectivity index (χ2v) is 6.42. The van der Waals surface area contributed by atoms with Gasteiger partial charge < -0.3 is 16.0 Å². The second kappa shape index (κ2) is 7.18. The van der Waals surface area contributed by atoms with Gasteiger partial charge in [0.05, 0.1) is 5.56 Å². The molecule has 0 amide bonds. The van der Waals surface area contributed by atoms with Crippen molar-refractivity contribution in [1.82, 2.24) is 9.88 Å². The Bertz CT molecular complexity index is 509. The zero-order valence-electron chi connectivity index (χ0n) is 13.3. The number of likely N-dealkylation sites (N-methyl/N-ethyl adjacent to an activating group) is 1. The minimum Gasteiger partial charge on any atom is -0.389 e. The smallest absolute Gasteiger partial charge is 0.107 e. The number of nitrogens with zero attached hydrogens (tertiary/aromatic N) is 2. The molecular weight excluding hydrogens is 280 g/mol. The number of nitrogens with one attached hydrogen (secondary N) is 1. The highest BCUT2D eigenvalue weighted by atomic mass is 32.1. The molecule has 1 fully saturated rings. The van der Waals surface area contributed by atoms with Crippen LogP contribution in [0.4, 0.5) is 5.69 Å². The quantitative estimate of drug-likeness (QED) is 0.791. The highest BCUT2D eigenvalue weighted by molar-refractivity contribution is 7.80. The second-order valence-electron chi connectivity index (χ2n) is 5.98. The number of hydrogen-bond acceptors (Lipinski definition) is 4. The van der Waals surface area contributed by atoms with Crippen LogP contribution in [0, 0.1) is 13.8 Å². The van der Waals surface area contributed by atoms with E-state index in [0.717, 1.165) is 41.8 Å². The van der Waals surface area contributed by atoms with Crippen LogP contribution in [0.1, 0.15) is 42.6 Å². The fraction of sp³-hybridized carbons (Fsp3) is 0.625. The van der Waals surface area contributed by atoms with E-state index in [9.17, 15) is 0 Å². The Morgan fingerprint density at radius 1 is 1.43 bits per heavy atom. The van der Waals surface area contributed by atoms with Crippen LogP contribution in [0.15, 0.2) is 6.07 Å². The van der Waals surface area contributed by atoms with Gasteiger partial charge in [0.25, 0.3) is 0 Å². The van der Waals surface area contributed by atoms with Crippen LogP contribution in [0.3, 0.4) is 0 Å². The lowest BCUT2D eigenvalue weighted by molar-refractivity contribution is 0.254. The SMILES string of the molecule is Cc1cc(NCCN(C)C2CCCC2)c(C(N)=S)c(C)n1. The van der Waals surface area contributed by atoms with E-state index in [1.54, 1.807) is 0 Å². The third-order valence-electron chi connectivity index (χ3n) is 4.30. The van der Waals surface area contributed by atoms with Crippen molar-refractivity contribution in [3.8, 4) is 0 Å². The lowest BCUT2D eigenvalue weighted by Gasteiger charge is -2.24. The molecule has 0 saturated heterocycles. The number of nitrogens with two attached hydrogens (primary N) is 1. The first kappa shape index (κ1) is 16.2. The molecule has 1 aromatic rings. The molecule has 1 aliphatic rings. The van der Waals surface area contributed by atoms with Crippen LogP contribution in [0.2, 0.25) is 0 Å². The molecule has 21 heavy (non-hydrogen) atoms. The van der Waals surface area contributed by atoms with E-state index < -0.39 is 0 Å². The number of rotatable bonds is 6. The van der Waals surface area contributed by atoms with E-state index >= 15 is 0 Å². The van der Waals surface area contributed by atoms with Gasteiger partial charge in [-0.3, -0.25) is 4.98 Å². The normalized spacial score (nSPS) is 15.6. The topological polar surface area (TPSA) is 54.2 Å². The molecule has 4 nitrogen and oxygen atoms in total. The standard InChI is InChI=1S/C16H26N4S/c1-11-10-14(15(16(17)21)12(2)19-11)18-8-9-20(3)13-6-4-5-7-13/h10,13H,4-9H2,1-3H3,(H2,17,21)(H,18,19). The van der Waals surface area contributed by atoms with Crippen LogP contribution < -0.4 is 11.1 Å². The van der Waals surface area contributed by atoms with Gasteiger partial charge in [0, 0.05) is 36.2 Å². The number of aromatic nitrogens is 1. The molecule has 0 radical (unpaired) electrons. The molecule has 0 aromatic carbocycles. The first-order chi connectivity index (χ1) is 9.99. The van der Waals surface area contributed by atoms with Crippen LogP contribution in [0.5, 0.6) is 0 Å². The largest absolute Gasteiger partial charge is 0.389 e. The Morgan fingerprint density at radius 3 is 2.71 bits per heavy atom. The summed E-state index contributed by atoms with van der Waals surface area (Å²) in [6.45, 7) is 5.87. The molecule has 0 aliphatic heterocycles. The van der Waals surface area contributed by atoms with Crippen LogP contribution in [-0.4, -0.2) is 41.1 Å². The van der Waals surface area contributed by atoms with Gasteiger partial charge in [-0.15, -0.1) is 0 Å². The molecule has 2 rings (SSSR count). The van der Waals surface area contributed by atoms with E-state index in [0.29, 0.717) is 4.99 Å². The van der Waals surface area contributed by atoms with Crippen molar-refractivity contribution in [2.75, 3.05) is 25.5 Å². The van der Waals surface area contributed by atoms with Gasteiger partial charge in [-0.2, -0.15) is 0 Å². The lowest BCUT2D eigenvalue weighted by atomic mass is 10.1. The first-order valence-corrected chi connectivity index (χ1v) is 8.12. The van der Waals surface area contributed by atoms with E-state index in [2.05, 4.69) is 22.2 Å². The summed E-state index contributed by atoms with van der Waals surface area (Å²) < 4.78 is 0. The average Bonchev–Trinajstić information content (AvgIpc) is 2.91. The highest BCUT2D eigenvalue weighted by Gasteiger charge is 2.19. The number of thiocarbonyl (C=S) groups is 1. The summed E-state index contributed by atoms with van der Waals surface area (Å²) in [5, 5.41) is 3.48. The zero-order valence-corrected chi connectivity index (χ0v) is 14.1. The van der Waals surface area contributed by atoms with Gasteiger partial charge in [0.2, 0.25) is 0 Å². The Kier molecular flexibility index (Phi) is 5.53. The molecule has 0 spiro atoms. The van der Waals surface area contributed by atoms with Crippen LogP contribution in [0.25, 0.3) is 0 Å². The zero-order chi connectivity index (χ0) is 15.4. The molecule has 0 unspecified atom stereocenters. The summed E-state index contributed by atoms with van der Waals surface area (Å²) in [5.74, 6) is 0. The Hall–Kier alpha value is -1.20. The van der Waals surface area contributed by atoms with Crippen molar-refractivity contribution in [1.29, 1.82) is 0 Å². The molecule has 1 aliphatic carbocycles. The fourth-order valence-electron chi connectivity index (χ4n) is 3.17. The Balaban J connectivity index is 1.97. The summed E-state index contributed by atoms with van der Waals surface area (Å²) in [6, 6.07) is 2.78. The molecular formula is C16H26N4S. The third kappa shape index (κ3) is 4.14. The lowest BCUT2D eigenvalue weighted by Crippen LogP contribution is -2.33. The number of pyridine rings is 1. The molecule has 1 heterocycles. The van der Waals surface area contributed by atoms with Gasteiger partial charge in [-0.05, 0) is 39.8 Å². The molecule has 3 N–H and O–H groups in total. The maximum atomic E-state index is 5.84. The van der Waals surface area contributed by atoms with Crippen molar-refractivity contribution in [3.63, 3.8) is 0 Å². The number of anilines is 1. The van der Waals surface area contributed by atoms with Gasteiger partial charge in [0.1, 0.15) is 4.99 Å². The van der Waals surface area contributed by atoms with Crippen molar-refractivity contribution in [2.45, 2.75) is 45.6 Å². The predicted octanol–water partition coefficient (Wildman–Crippen LogP) is 2.62. The molecule has 0 bridgehead atoms. The minimum atomic E-state index is 0.409. The Morgan fingerprint density at radius 2 is 2.10 bits per heavy atom. The van der Waals surface area contributed by atoms with E-state index in [-0.39, 0.29) is 0 Å². The van der Waals surface area contributed by atoms with Crippen LogP contribution >= 0.6 is 12.2 Å². The first-order valence-electron chi connectivity index (χ1n) is 7.71. The van der Waals surface area contributed by atoms with E-state index in [1.165, 1.54) is 25.7 Å². The summed E-state index contributed by atoms with van der Waals surface area (Å²) in [6.07, 6.45) is 5.41. The molecule has 116 valence electrons. The summed E-state index contributed by atoms with van der Waals surface area (Å²) in [5.41, 5.74) is 9.60. The van der Waals surface area contributed by atoms with Crippen molar-refractivity contribution in [2.24, 2.45) is 5.73 Å². The summed E-state index contributed by atoms with van der Waals surface area (Å²) >= 11 is 5.16. The van der Waals surface area contributed by atoms with Gasteiger partial charge in [-0.25, -0.2) is 0 Å². The maximum Gasteiger partial charge on any atom is 0.107 e. The number of aryl methyl sites for hydroxylation is 2. The Labute approximate surface area is 133 Å². The highest BCUT2D eigenvalue weighted by Crippen LogP contribution is 2.22. The molecule has 1 aromatic heterocycles. The monoisotopic (exact) mass is 306 g/mol. The minimum absolute atomic E-state index is 0.409. The molecule has 5 heteroatoms. The summed E-state index contributed by atoms with van der Waals surface area (Å²) in [7, 11) is 2.22. The van der Waals surface area contributed by atoms with Crippen molar-refractivity contribution < 1.29 is 0 Å². The summed E-state index contributed by atoms with van der Waals surface area (Å²) in [4.78, 5) is 7.31. The average molecular weight is 306 g/mol. The van der Waals surface area contributed by atoms with Crippen molar-refractivity contribution in [3.05, 3.63) is 23.0 Å². The third-order valence-corrected chi connectivity index (χ3v) is 4.51. The van der Waals surface area contributed by atoms with E-state index in [1.807, 2.05) is 19.9 Å². The molecule has 1 saturated carbocycles. The van der Waals surface area contributed by atoms with E-state index in [4.69, 9.17) is 18.0 Å². The van der Waals surface area contributed by atoms with Crippen molar-refractivity contribution >= 4 is 22.9 Å². The maximum absolute atomic E-state index is 5.84. The van der Waals surface area contributed by atoms with Gasteiger partial charge >= 0.3 is 0 Å². The molecule has 0 atom stereocenters. The number of hydrogen-bond donors (Lipinski definition) is 2. The predicted molar refractivity (Wildman–Crippen MR) is 93.0 cm³/mol. The van der Waals surface area contributed by atoms with Crippen LogP contribution in [-0.2, 0) is 0 Å². The van der Waals surface area contributed by atoms with Gasteiger partial charge in [0.15, 0.2) is 0 Å². The fourth-order valence-corrected chi connectivity index (χ4v) is 3.43. The van der Waals surface area contributed by atoms with Gasteiger partial charge in [-0.1, -0.05) is 25.1 Å².